The molecule has 0 spiro atoms. The van der Waals surface area contributed by atoms with E-state index in [1.165, 1.54) is 0 Å². The van der Waals surface area contributed by atoms with Crippen molar-refractivity contribution in [3.63, 3.8) is 0 Å². The fourth-order valence-electron chi connectivity index (χ4n) is 4.08. The zero-order chi connectivity index (χ0) is 23.3. The van der Waals surface area contributed by atoms with E-state index in [0.717, 1.165) is 23.5 Å². The molecule has 2 N–H and O–H groups in total. The third-order valence-electron chi connectivity index (χ3n) is 5.45. The number of halogens is 4. The molecule has 2 aliphatic heterocycles. The Morgan fingerprint density at radius 2 is 1.94 bits per heavy atom. The molecule has 170 valence electrons. The van der Waals surface area contributed by atoms with Crippen LogP contribution in [0.3, 0.4) is 0 Å². The highest BCUT2D eigenvalue weighted by Gasteiger charge is 2.45. The quantitative estimate of drug-likeness (QED) is 0.708. The molecule has 0 aromatic heterocycles. The Morgan fingerprint density at radius 3 is 2.42 bits per heavy atom. The van der Waals surface area contributed by atoms with Crippen molar-refractivity contribution in [1.29, 1.82) is 0 Å². The van der Waals surface area contributed by atoms with Crippen molar-refractivity contribution in [2.45, 2.75) is 52.4 Å². The molecule has 2 aliphatic rings. The number of carbonyl (C=O) groups is 1. The highest BCUT2D eigenvalue weighted by atomic mass is 19.4. The third-order valence-corrected chi connectivity index (χ3v) is 5.45. The molecule has 0 saturated carbocycles. The van der Waals surface area contributed by atoms with E-state index in [0.29, 0.717) is 6.42 Å². The van der Waals surface area contributed by atoms with Gasteiger partial charge in [-0.25, -0.2) is 9.40 Å². The van der Waals surface area contributed by atoms with Crippen LogP contribution in [0.2, 0.25) is 0 Å². The van der Waals surface area contributed by atoms with Gasteiger partial charge in [-0.2, -0.15) is 13.2 Å². The molecule has 2 heterocycles. The molecule has 0 fully saturated rings. The van der Waals surface area contributed by atoms with Crippen LogP contribution in [0.4, 0.5) is 17.6 Å². The van der Waals surface area contributed by atoms with Crippen molar-refractivity contribution >= 4 is 11.6 Å². The molecule has 0 bridgehead atoms. The number of oxime groups is 1. The van der Waals surface area contributed by atoms with E-state index in [9.17, 15) is 22.4 Å². The van der Waals surface area contributed by atoms with E-state index < -0.39 is 35.1 Å². The molecular weight excluding hydrogens is 416 g/mol. The lowest BCUT2D eigenvalue weighted by molar-refractivity contribution is -0.141. The normalized spacial score (nSPS) is 22.4. The average Bonchev–Trinajstić information content (AvgIpc) is 3.17. The number of amides is 1. The Kier molecular flexibility index (Phi) is 5.81. The summed E-state index contributed by atoms with van der Waals surface area (Å²) in [4.78, 5) is 16.8. The molecule has 2 atom stereocenters. The molecule has 2 unspecified atom stereocenters. The Bertz CT molecular complexity index is 950. The summed E-state index contributed by atoms with van der Waals surface area (Å²) in [7, 11) is 1.75. The molecule has 0 radical (unpaired) electrons. The van der Waals surface area contributed by atoms with E-state index in [4.69, 9.17) is 10.6 Å². The minimum absolute atomic E-state index is 0.245. The van der Waals surface area contributed by atoms with Gasteiger partial charge in [-0.05, 0) is 24.6 Å². The van der Waals surface area contributed by atoms with Gasteiger partial charge >= 0.3 is 6.18 Å². The summed E-state index contributed by atoms with van der Waals surface area (Å²) < 4.78 is 56.6. The number of hydrogen-bond acceptors (Lipinski definition) is 5. The number of nitrogens with two attached hydrogens (primary N) is 1. The van der Waals surface area contributed by atoms with Crippen LogP contribution in [0.1, 0.15) is 61.6 Å². The van der Waals surface area contributed by atoms with Gasteiger partial charge in [0.25, 0.3) is 5.91 Å². The van der Waals surface area contributed by atoms with Crippen LogP contribution in [0, 0.1) is 11.2 Å². The molecule has 0 aliphatic carbocycles. The smallest absolute Gasteiger partial charge is 0.391 e. The Morgan fingerprint density at radius 1 is 1.29 bits per heavy atom. The maximum Gasteiger partial charge on any atom is 0.419 e. The molecule has 1 aromatic carbocycles. The average molecular weight is 442 g/mol. The topological polar surface area (TPSA) is 71.2 Å². The SMILES string of the molecule is CC1=NOC(CN2C(c3ccc(C(N)=O)c(F)c3C(F)(F)F)C=C(C(C)(C)C)N2C)C1. The van der Waals surface area contributed by atoms with Crippen LogP contribution in [0.25, 0.3) is 0 Å². The standard InChI is InChI=1S/C21H26F4N4O2/c1-11-8-12(31-27-11)10-29-15(9-16(28(29)5)20(2,3)4)13-6-7-14(19(26)30)18(22)17(13)21(23,24)25/h6-7,9,12,15H,8,10H2,1-5H3,(H2,26,30). The maximum atomic E-state index is 14.8. The summed E-state index contributed by atoms with van der Waals surface area (Å²) in [6.07, 6.45) is -3.13. The molecular formula is C21H26F4N4O2. The van der Waals surface area contributed by atoms with E-state index >= 15 is 0 Å². The number of alkyl halides is 3. The van der Waals surface area contributed by atoms with Crippen LogP contribution < -0.4 is 5.73 Å². The number of benzene rings is 1. The number of carbonyl (C=O) groups excluding carboxylic acids is 1. The Labute approximate surface area is 178 Å². The summed E-state index contributed by atoms with van der Waals surface area (Å²) in [5.74, 6) is -2.91. The van der Waals surface area contributed by atoms with Gasteiger partial charge in [0, 0.05) is 24.6 Å². The summed E-state index contributed by atoms with van der Waals surface area (Å²) in [6.45, 7) is 7.88. The molecule has 1 aromatic rings. The van der Waals surface area contributed by atoms with Gasteiger partial charge in [0.1, 0.15) is 11.9 Å². The minimum Gasteiger partial charge on any atom is -0.391 e. The van der Waals surface area contributed by atoms with Crippen LogP contribution in [-0.2, 0) is 11.0 Å². The Balaban J connectivity index is 2.13. The fraction of sp³-hybridized carbons (Fsp3) is 0.524. The van der Waals surface area contributed by atoms with Crippen LogP contribution in [0.15, 0.2) is 29.1 Å². The number of hydrogen-bond donors (Lipinski definition) is 1. The fourth-order valence-corrected chi connectivity index (χ4v) is 4.08. The van der Waals surface area contributed by atoms with Crippen molar-refractivity contribution in [1.82, 2.24) is 10.0 Å². The molecule has 3 rings (SSSR count). The minimum atomic E-state index is -5.02. The van der Waals surface area contributed by atoms with E-state index in [2.05, 4.69) is 5.16 Å². The van der Waals surface area contributed by atoms with Gasteiger partial charge in [-0.15, -0.1) is 0 Å². The number of rotatable bonds is 4. The predicted octanol–water partition coefficient (Wildman–Crippen LogP) is 4.24. The summed E-state index contributed by atoms with van der Waals surface area (Å²) >= 11 is 0. The highest BCUT2D eigenvalue weighted by molar-refractivity contribution is 5.93. The van der Waals surface area contributed by atoms with Gasteiger partial charge in [0.15, 0.2) is 0 Å². The second-order valence-electron chi connectivity index (χ2n) is 8.90. The summed E-state index contributed by atoms with van der Waals surface area (Å²) in [5.41, 5.74) is 3.69. The van der Waals surface area contributed by atoms with Crippen molar-refractivity contribution in [2.75, 3.05) is 13.6 Å². The number of hydrazine groups is 1. The van der Waals surface area contributed by atoms with Crippen molar-refractivity contribution < 1.29 is 27.2 Å². The zero-order valence-corrected chi connectivity index (χ0v) is 18.0. The highest BCUT2D eigenvalue weighted by Crippen LogP contribution is 2.45. The number of nitrogens with zero attached hydrogens (tertiary/aromatic N) is 3. The lowest BCUT2D eigenvalue weighted by Crippen LogP contribution is -2.43. The van der Waals surface area contributed by atoms with Gasteiger partial charge in [-0.3, -0.25) is 4.79 Å². The molecule has 1 amide bonds. The van der Waals surface area contributed by atoms with Crippen LogP contribution >= 0.6 is 0 Å². The first-order valence-electron chi connectivity index (χ1n) is 9.83. The van der Waals surface area contributed by atoms with Gasteiger partial charge in [0.05, 0.1) is 29.4 Å². The van der Waals surface area contributed by atoms with Gasteiger partial charge in [-0.1, -0.05) is 32.0 Å². The number of allylic oxidation sites excluding steroid dienone is 1. The zero-order valence-electron chi connectivity index (χ0n) is 18.0. The molecule has 6 nitrogen and oxygen atoms in total. The molecule has 31 heavy (non-hydrogen) atoms. The first kappa shape index (κ1) is 23.1. The van der Waals surface area contributed by atoms with Gasteiger partial charge < -0.3 is 15.6 Å². The lowest BCUT2D eigenvalue weighted by Gasteiger charge is -2.37. The summed E-state index contributed by atoms with van der Waals surface area (Å²) in [6, 6.07) is 1.20. The summed E-state index contributed by atoms with van der Waals surface area (Å²) in [5, 5.41) is 7.40. The van der Waals surface area contributed by atoms with Gasteiger partial charge in [0.2, 0.25) is 0 Å². The van der Waals surface area contributed by atoms with E-state index in [1.807, 2.05) is 27.7 Å². The Hall–Kier alpha value is -2.62. The van der Waals surface area contributed by atoms with E-state index in [-0.39, 0.29) is 23.6 Å². The van der Waals surface area contributed by atoms with Crippen molar-refractivity contribution in [3.05, 3.63) is 46.4 Å². The monoisotopic (exact) mass is 442 g/mol. The second kappa shape index (κ2) is 7.81. The lowest BCUT2D eigenvalue weighted by atomic mass is 9.89. The molecule has 0 saturated heterocycles. The first-order chi connectivity index (χ1) is 14.2. The van der Waals surface area contributed by atoms with Crippen LogP contribution in [-0.4, -0.2) is 41.3 Å². The van der Waals surface area contributed by atoms with Crippen molar-refractivity contribution in [2.24, 2.45) is 16.3 Å². The third kappa shape index (κ3) is 4.39. The second-order valence-corrected chi connectivity index (χ2v) is 8.90. The first-order valence-corrected chi connectivity index (χ1v) is 9.83. The predicted molar refractivity (Wildman–Crippen MR) is 107 cm³/mol. The number of primary amides is 1. The van der Waals surface area contributed by atoms with Crippen LogP contribution in [0.5, 0.6) is 0 Å². The van der Waals surface area contributed by atoms with Crippen molar-refractivity contribution in [3.8, 4) is 0 Å². The van der Waals surface area contributed by atoms with E-state index in [1.54, 1.807) is 23.1 Å². The molecule has 10 heteroatoms. The largest absolute Gasteiger partial charge is 0.419 e. The maximum absolute atomic E-state index is 14.8.